The molecule has 5 rings (SSSR count). The Kier molecular flexibility index (Phi) is 3.70. The lowest BCUT2D eigenvalue weighted by molar-refractivity contribution is 0.0925. The average Bonchev–Trinajstić information content (AvgIpc) is 3.17. The minimum atomic E-state index is -0.166. The van der Waals surface area contributed by atoms with Gasteiger partial charge in [0.2, 0.25) is 0 Å². The summed E-state index contributed by atoms with van der Waals surface area (Å²) in [5, 5.41) is 3.66. The summed E-state index contributed by atoms with van der Waals surface area (Å²) < 4.78 is 7.39. The van der Waals surface area contributed by atoms with Crippen LogP contribution in [0.2, 0.25) is 0 Å². The number of carbonyl (C=O) groups excluding carboxylic acids is 1. The number of ether oxygens (including phenoxy) is 1. The third-order valence-corrected chi connectivity index (χ3v) is 5.34. The van der Waals surface area contributed by atoms with Gasteiger partial charge >= 0.3 is 0 Å². The molecule has 6 heteroatoms. The minimum absolute atomic E-state index is 0.0159. The summed E-state index contributed by atoms with van der Waals surface area (Å²) in [5.41, 5.74) is 2.08. The fourth-order valence-corrected chi connectivity index (χ4v) is 3.96. The van der Waals surface area contributed by atoms with Gasteiger partial charge in [0.1, 0.15) is 11.6 Å². The molecule has 3 heterocycles. The molecule has 27 heavy (non-hydrogen) atoms. The molecule has 6 nitrogen and oxygen atoms in total. The van der Waals surface area contributed by atoms with Crippen molar-refractivity contribution < 1.29 is 9.53 Å². The van der Waals surface area contributed by atoms with Gasteiger partial charge in [0, 0.05) is 30.5 Å². The predicted octanol–water partition coefficient (Wildman–Crippen LogP) is 2.60. The topological polar surface area (TPSA) is 73.2 Å². The Bertz CT molecular complexity index is 1120. The van der Waals surface area contributed by atoms with Gasteiger partial charge in [-0.1, -0.05) is 18.2 Å². The fraction of sp³-hybridized carbons (Fsp3) is 0.286. The van der Waals surface area contributed by atoms with Gasteiger partial charge in [0.25, 0.3) is 11.5 Å². The lowest BCUT2D eigenvalue weighted by Gasteiger charge is -2.26. The first-order chi connectivity index (χ1) is 13.2. The molecule has 1 atom stereocenters. The molecule has 0 aliphatic carbocycles. The van der Waals surface area contributed by atoms with Gasteiger partial charge in [-0.25, -0.2) is 4.98 Å². The third-order valence-electron chi connectivity index (χ3n) is 5.34. The number of benzene rings is 2. The smallest absolute Gasteiger partial charge is 0.261 e. The van der Waals surface area contributed by atoms with Crippen LogP contribution in [-0.2, 0) is 13.0 Å². The fourth-order valence-electron chi connectivity index (χ4n) is 3.96. The Balaban J connectivity index is 1.47. The van der Waals surface area contributed by atoms with E-state index in [1.165, 1.54) is 0 Å². The quantitative estimate of drug-likeness (QED) is 0.761. The predicted molar refractivity (Wildman–Crippen MR) is 101 cm³/mol. The second-order valence-corrected chi connectivity index (χ2v) is 7.02. The Labute approximate surface area is 155 Å². The molecule has 1 amide bonds. The summed E-state index contributed by atoms with van der Waals surface area (Å²) in [6.45, 7) is 1.30. The molecule has 0 saturated heterocycles. The first-order valence-corrected chi connectivity index (χ1v) is 9.27. The monoisotopic (exact) mass is 361 g/mol. The van der Waals surface area contributed by atoms with Crippen LogP contribution in [0.5, 0.6) is 5.75 Å². The number of aryl methyl sites for hydroxylation is 1. The van der Waals surface area contributed by atoms with Crippen molar-refractivity contribution in [3.05, 3.63) is 69.8 Å². The average molecular weight is 361 g/mol. The molecule has 2 aliphatic heterocycles. The Morgan fingerprint density at radius 2 is 2.11 bits per heavy atom. The van der Waals surface area contributed by atoms with Crippen LogP contribution in [0.15, 0.2) is 47.3 Å². The highest BCUT2D eigenvalue weighted by atomic mass is 16.5. The Morgan fingerprint density at radius 3 is 3.04 bits per heavy atom. The Morgan fingerprint density at radius 1 is 1.22 bits per heavy atom. The lowest BCUT2D eigenvalue weighted by Crippen LogP contribution is -2.32. The molecule has 0 fully saturated rings. The van der Waals surface area contributed by atoms with Crippen molar-refractivity contribution in [3.8, 4) is 5.75 Å². The van der Waals surface area contributed by atoms with Crippen LogP contribution in [0.1, 0.15) is 40.6 Å². The van der Waals surface area contributed by atoms with Crippen molar-refractivity contribution in [2.45, 2.75) is 31.8 Å². The first-order valence-electron chi connectivity index (χ1n) is 9.27. The van der Waals surface area contributed by atoms with Crippen LogP contribution in [-0.4, -0.2) is 22.1 Å². The maximum Gasteiger partial charge on any atom is 0.261 e. The van der Waals surface area contributed by atoms with Crippen molar-refractivity contribution in [2.75, 3.05) is 6.61 Å². The zero-order valence-electron chi connectivity index (χ0n) is 14.8. The number of rotatable bonds is 2. The summed E-state index contributed by atoms with van der Waals surface area (Å²) in [4.78, 5) is 30.0. The molecule has 136 valence electrons. The minimum Gasteiger partial charge on any atom is -0.493 e. The van der Waals surface area contributed by atoms with E-state index in [1.807, 2.05) is 24.3 Å². The number of carbonyl (C=O) groups is 1. The zero-order chi connectivity index (χ0) is 18.4. The molecule has 1 N–H and O–H groups in total. The lowest BCUT2D eigenvalue weighted by atomic mass is 10.00. The van der Waals surface area contributed by atoms with E-state index in [1.54, 1.807) is 22.8 Å². The van der Waals surface area contributed by atoms with Gasteiger partial charge in [-0.05, 0) is 30.7 Å². The van der Waals surface area contributed by atoms with Gasteiger partial charge in [-0.15, -0.1) is 0 Å². The van der Waals surface area contributed by atoms with Crippen LogP contribution in [0.4, 0.5) is 0 Å². The number of nitrogens with zero attached hydrogens (tertiary/aromatic N) is 2. The van der Waals surface area contributed by atoms with Gasteiger partial charge in [0.15, 0.2) is 0 Å². The molecule has 3 aromatic rings. The SMILES string of the molecule is O=C(N[C@@H]1CCOc2ccccc21)c1ccc2c(=O)n3c(nc2c1)CCC3. The first kappa shape index (κ1) is 16.1. The van der Waals surface area contributed by atoms with Gasteiger partial charge in [-0.2, -0.15) is 0 Å². The van der Waals surface area contributed by atoms with Crippen LogP contribution in [0.25, 0.3) is 10.9 Å². The van der Waals surface area contributed by atoms with Crippen molar-refractivity contribution in [1.29, 1.82) is 0 Å². The number of amides is 1. The van der Waals surface area contributed by atoms with E-state index in [4.69, 9.17) is 4.74 Å². The highest BCUT2D eigenvalue weighted by Crippen LogP contribution is 2.31. The number of para-hydroxylation sites is 1. The van der Waals surface area contributed by atoms with E-state index in [2.05, 4.69) is 10.3 Å². The summed E-state index contributed by atoms with van der Waals surface area (Å²) in [6, 6.07) is 12.8. The van der Waals surface area contributed by atoms with Crippen molar-refractivity contribution in [3.63, 3.8) is 0 Å². The largest absolute Gasteiger partial charge is 0.493 e. The highest BCUT2D eigenvalue weighted by molar-refractivity contribution is 5.98. The number of fused-ring (bicyclic) bond motifs is 3. The van der Waals surface area contributed by atoms with Crippen LogP contribution < -0.4 is 15.6 Å². The molecule has 0 spiro atoms. The summed E-state index contributed by atoms with van der Waals surface area (Å²) in [7, 11) is 0. The van der Waals surface area contributed by atoms with Crippen molar-refractivity contribution in [2.24, 2.45) is 0 Å². The molecule has 0 unspecified atom stereocenters. The molecule has 2 aromatic carbocycles. The molecular weight excluding hydrogens is 342 g/mol. The standard InChI is InChI=1S/C21H19N3O3/c25-20(23-16-9-11-27-18-5-2-1-4-14(16)18)13-7-8-15-17(12-13)22-19-6-3-10-24(19)21(15)26/h1-2,4-5,7-8,12,16H,3,6,9-11H2,(H,23,25)/t16-/m1/s1. The van der Waals surface area contributed by atoms with Gasteiger partial charge in [-0.3, -0.25) is 14.2 Å². The summed E-state index contributed by atoms with van der Waals surface area (Å²) in [5.74, 6) is 1.46. The molecule has 0 saturated carbocycles. The van der Waals surface area contributed by atoms with Crippen molar-refractivity contribution >= 4 is 16.8 Å². The zero-order valence-corrected chi connectivity index (χ0v) is 14.8. The van der Waals surface area contributed by atoms with Gasteiger partial charge < -0.3 is 10.1 Å². The number of nitrogens with one attached hydrogen (secondary N) is 1. The van der Waals surface area contributed by atoms with Crippen LogP contribution >= 0.6 is 0 Å². The number of aromatic nitrogens is 2. The molecular formula is C21H19N3O3. The van der Waals surface area contributed by atoms with E-state index in [9.17, 15) is 9.59 Å². The van der Waals surface area contributed by atoms with Crippen LogP contribution in [0, 0.1) is 0 Å². The van der Waals surface area contributed by atoms with Crippen molar-refractivity contribution in [1.82, 2.24) is 14.9 Å². The molecule has 1 aromatic heterocycles. The van der Waals surface area contributed by atoms with Crippen LogP contribution in [0.3, 0.4) is 0 Å². The second-order valence-electron chi connectivity index (χ2n) is 7.02. The molecule has 0 radical (unpaired) electrons. The molecule has 2 aliphatic rings. The maximum atomic E-state index is 12.8. The Hall–Kier alpha value is -3.15. The van der Waals surface area contributed by atoms with E-state index in [-0.39, 0.29) is 17.5 Å². The number of hydrogen-bond acceptors (Lipinski definition) is 4. The normalized spacial score (nSPS) is 17.9. The highest BCUT2D eigenvalue weighted by Gasteiger charge is 2.23. The summed E-state index contributed by atoms with van der Waals surface area (Å²) >= 11 is 0. The van der Waals surface area contributed by atoms with E-state index in [0.29, 0.717) is 23.1 Å². The molecule has 0 bridgehead atoms. The summed E-state index contributed by atoms with van der Waals surface area (Å²) in [6.07, 6.45) is 2.47. The maximum absolute atomic E-state index is 12.8. The number of hydrogen-bond donors (Lipinski definition) is 1. The van der Waals surface area contributed by atoms with E-state index >= 15 is 0 Å². The van der Waals surface area contributed by atoms with Gasteiger partial charge in [0.05, 0.1) is 23.6 Å². The van der Waals surface area contributed by atoms with E-state index < -0.39 is 0 Å². The second kappa shape index (κ2) is 6.23. The third kappa shape index (κ3) is 2.68. The van der Waals surface area contributed by atoms with E-state index in [0.717, 1.165) is 42.9 Å².